The molecule has 2 N–H and O–H groups in total. The number of aromatic nitrogens is 2. The van der Waals surface area contributed by atoms with Gasteiger partial charge in [-0.1, -0.05) is 13.8 Å². The van der Waals surface area contributed by atoms with Crippen molar-refractivity contribution in [1.29, 1.82) is 5.41 Å². The van der Waals surface area contributed by atoms with Gasteiger partial charge in [-0.2, -0.15) is 0 Å². The second-order valence-electron chi connectivity index (χ2n) is 4.23. The average Bonchev–Trinajstić information content (AvgIpc) is 2.44. The van der Waals surface area contributed by atoms with Crippen LogP contribution in [0.25, 0.3) is 6.08 Å². The fraction of sp³-hybridized carbons (Fsp3) is 0.500. The molecule has 0 radical (unpaired) electrons. The van der Waals surface area contributed by atoms with Gasteiger partial charge in [0.1, 0.15) is 5.82 Å². The summed E-state index contributed by atoms with van der Waals surface area (Å²) in [5.41, 5.74) is 3.75. The number of imidazole rings is 1. The zero-order chi connectivity index (χ0) is 11.6. The van der Waals surface area contributed by atoms with Gasteiger partial charge in [0.2, 0.25) is 0 Å². The number of H-pyrrole nitrogens is 1. The van der Waals surface area contributed by atoms with E-state index in [2.05, 4.69) is 9.97 Å². The molecule has 1 heterocycles. The van der Waals surface area contributed by atoms with Crippen molar-refractivity contribution < 1.29 is 0 Å². The molecular weight excluding hydrogens is 186 g/mol. The van der Waals surface area contributed by atoms with Crippen molar-refractivity contribution in [1.82, 2.24) is 9.97 Å². The molecule has 0 spiro atoms. The summed E-state index contributed by atoms with van der Waals surface area (Å²) in [5, 5.41) is 7.85. The van der Waals surface area contributed by atoms with E-state index in [4.69, 9.17) is 5.41 Å². The molecule has 0 saturated heterocycles. The quantitative estimate of drug-likeness (QED) is 0.732. The van der Waals surface area contributed by atoms with Crippen LogP contribution in [0.1, 0.15) is 38.0 Å². The van der Waals surface area contributed by atoms with Gasteiger partial charge >= 0.3 is 0 Å². The maximum Gasteiger partial charge on any atom is 0.130 e. The van der Waals surface area contributed by atoms with E-state index in [1.165, 1.54) is 0 Å². The minimum absolute atomic E-state index is 0.262. The van der Waals surface area contributed by atoms with Crippen molar-refractivity contribution in [3.05, 3.63) is 22.8 Å². The summed E-state index contributed by atoms with van der Waals surface area (Å²) in [6, 6.07) is 0. The summed E-state index contributed by atoms with van der Waals surface area (Å²) in [7, 11) is 0. The lowest BCUT2D eigenvalue weighted by atomic mass is 10.0. The van der Waals surface area contributed by atoms with Gasteiger partial charge in [-0.25, -0.2) is 4.98 Å². The third-order valence-electron chi connectivity index (χ3n) is 2.50. The maximum atomic E-state index is 7.85. The van der Waals surface area contributed by atoms with Crippen LogP contribution in [-0.2, 0) is 0 Å². The highest BCUT2D eigenvalue weighted by atomic mass is 14.9. The normalized spacial score (nSPS) is 12.3. The summed E-state index contributed by atoms with van der Waals surface area (Å²) in [4.78, 5) is 7.55. The van der Waals surface area contributed by atoms with Crippen LogP contribution < -0.4 is 0 Å². The van der Waals surface area contributed by atoms with E-state index in [9.17, 15) is 0 Å². The Labute approximate surface area is 91.1 Å². The largest absolute Gasteiger partial charge is 0.342 e. The van der Waals surface area contributed by atoms with Crippen LogP contribution in [0.3, 0.4) is 0 Å². The Hall–Kier alpha value is -1.38. The van der Waals surface area contributed by atoms with Gasteiger partial charge in [0.05, 0.1) is 5.69 Å². The average molecular weight is 205 g/mol. The van der Waals surface area contributed by atoms with Crippen LogP contribution in [0.15, 0.2) is 5.57 Å². The summed E-state index contributed by atoms with van der Waals surface area (Å²) < 4.78 is 0. The predicted molar refractivity (Wildman–Crippen MR) is 64.3 cm³/mol. The Balaban J connectivity index is 2.92. The van der Waals surface area contributed by atoms with Gasteiger partial charge in [0, 0.05) is 11.4 Å². The van der Waals surface area contributed by atoms with Crippen molar-refractivity contribution in [3.63, 3.8) is 0 Å². The van der Waals surface area contributed by atoms with Gasteiger partial charge < -0.3 is 10.4 Å². The van der Waals surface area contributed by atoms with E-state index in [1.54, 1.807) is 0 Å². The molecule has 1 aromatic rings. The molecule has 0 aliphatic heterocycles. The number of aryl methyl sites for hydroxylation is 2. The van der Waals surface area contributed by atoms with E-state index < -0.39 is 0 Å². The molecule has 1 rings (SSSR count). The molecule has 0 saturated carbocycles. The molecule has 0 aliphatic carbocycles. The molecule has 0 bridgehead atoms. The van der Waals surface area contributed by atoms with Crippen LogP contribution in [0.5, 0.6) is 0 Å². The van der Waals surface area contributed by atoms with Crippen molar-refractivity contribution in [2.75, 3.05) is 0 Å². The molecular formula is C12H19N3. The topological polar surface area (TPSA) is 52.5 Å². The number of hydrogen-bond acceptors (Lipinski definition) is 2. The van der Waals surface area contributed by atoms with E-state index in [0.29, 0.717) is 5.71 Å². The van der Waals surface area contributed by atoms with Crippen LogP contribution in [0, 0.1) is 25.2 Å². The number of aromatic amines is 1. The van der Waals surface area contributed by atoms with Crippen LogP contribution in [-0.4, -0.2) is 15.7 Å². The standard InChI is InChI=1S/C12H19N3/c1-7(2)12(13)8(3)6-11-14-9(4)10(5)15-11/h6-7,13H,1-5H3,(H,14,15)/b8-6-,13-12?. The van der Waals surface area contributed by atoms with E-state index in [-0.39, 0.29) is 5.92 Å². The zero-order valence-corrected chi connectivity index (χ0v) is 10.1. The van der Waals surface area contributed by atoms with Crippen LogP contribution in [0.2, 0.25) is 0 Å². The molecule has 82 valence electrons. The maximum absolute atomic E-state index is 7.85. The van der Waals surface area contributed by atoms with Gasteiger partial charge in [0.15, 0.2) is 0 Å². The summed E-state index contributed by atoms with van der Waals surface area (Å²) >= 11 is 0. The molecule has 0 aromatic carbocycles. The van der Waals surface area contributed by atoms with E-state index in [0.717, 1.165) is 22.8 Å². The number of rotatable bonds is 3. The summed E-state index contributed by atoms with van der Waals surface area (Å²) in [5.74, 6) is 1.10. The molecule has 3 heteroatoms. The SMILES string of the molecule is C/C(=C/c1nc(C)c(C)[nH]1)C(=N)C(C)C. The molecule has 0 atom stereocenters. The van der Waals surface area contributed by atoms with Gasteiger partial charge in [-0.3, -0.25) is 0 Å². The number of allylic oxidation sites excluding steroid dienone is 1. The lowest BCUT2D eigenvalue weighted by molar-refractivity contribution is 0.875. The van der Waals surface area contributed by atoms with Crippen molar-refractivity contribution in [2.45, 2.75) is 34.6 Å². The van der Waals surface area contributed by atoms with Gasteiger partial charge in [0.25, 0.3) is 0 Å². The van der Waals surface area contributed by atoms with Crippen molar-refractivity contribution in [2.24, 2.45) is 5.92 Å². The van der Waals surface area contributed by atoms with Crippen LogP contribution >= 0.6 is 0 Å². The molecule has 0 unspecified atom stereocenters. The fourth-order valence-electron chi connectivity index (χ4n) is 1.38. The summed E-state index contributed by atoms with van der Waals surface area (Å²) in [6.45, 7) is 9.99. The molecule has 15 heavy (non-hydrogen) atoms. The van der Waals surface area contributed by atoms with Gasteiger partial charge in [-0.15, -0.1) is 0 Å². The first kappa shape index (κ1) is 11.7. The molecule has 0 aliphatic rings. The van der Waals surface area contributed by atoms with Gasteiger partial charge in [-0.05, 0) is 38.3 Å². The van der Waals surface area contributed by atoms with E-state index >= 15 is 0 Å². The second kappa shape index (κ2) is 4.43. The predicted octanol–water partition coefficient (Wildman–Crippen LogP) is 3.11. The van der Waals surface area contributed by atoms with E-state index in [1.807, 2.05) is 40.7 Å². The highest BCUT2D eigenvalue weighted by Crippen LogP contribution is 2.11. The number of hydrogen-bond donors (Lipinski definition) is 2. The Morgan fingerprint density at radius 1 is 1.40 bits per heavy atom. The minimum atomic E-state index is 0.262. The lowest BCUT2D eigenvalue weighted by Gasteiger charge is -2.06. The first-order valence-corrected chi connectivity index (χ1v) is 5.22. The third kappa shape index (κ3) is 2.78. The number of nitrogens with one attached hydrogen (secondary N) is 2. The zero-order valence-electron chi connectivity index (χ0n) is 10.1. The Morgan fingerprint density at radius 3 is 2.40 bits per heavy atom. The smallest absolute Gasteiger partial charge is 0.130 e. The second-order valence-corrected chi connectivity index (χ2v) is 4.23. The fourth-order valence-corrected chi connectivity index (χ4v) is 1.38. The Morgan fingerprint density at radius 2 is 2.00 bits per heavy atom. The monoisotopic (exact) mass is 205 g/mol. The Kier molecular flexibility index (Phi) is 3.45. The summed E-state index contributed by atoms with van der Waals surface area (Å²) in [6.07, 6.45) is 1.93. The van der Waals surface area contributed by atoms with Crippen molar-refractivity contribution >= 4 is 11.8 Å². The highest BCUT2D eigenvalue weighted by Gasteiger charge is 2.06. The minimum Gasteiger partial charge on any atom is -0.342 e. The highest BCUT2D eigenvalue weighted by molar-refractivity contribution is 6.01. The third-order valence-corrected chi connectivity index (χ3v) is 2.50. The lowest BCUT2D eigenvalue weighted by Crippen LogP contribution is -2.06. The molecule has 3 nitrogen and oxygen atoms in total. The molecule has 0 amide bonds. The number of nitrogens with zero attached hydrogens (tertiary/aromatic N) is 1. The molecule has 1 aromatic heterocycles. The Bertz CT molecular complexity index is 377. The van der Waals surface area contributed by atoms with Crippen LogP contribution in [0.4, 0.5) is 0 Å². The first-order valence-electron chi connectivity index (χ1n) is 5.22. The van der Waals surface area contributed by atoms with Crippen molar-refractivity contribution in [3.8, 4) is 0 Å². The molecule has 0 fully saturated rings. The first-order chi connectivity index (χ1) is 6.91.